The number of rotatable bonds is 7. The van der Waals surface area contributed by atoms with Crippen LogP contribution in [0.4, 0.5) is 4.79 Å². The fourth-order valence-electron chi connectivity index (χ4n) is 1.54. The lowest BCUT2D eigenvalue weighted by Crippen LogP contribution is -2.22. The van der Waals surface area contributed by atoms with E-state index >= 15 is 0 Å². The number of benzene rings is 1. The Morgan fingerprint density at radius 3 is 2.60 bits per heavy atom. The fraction of sp³-hybridized carbons (Fsp3) is 0.462. The summed E-state index contributed by atoms with van der Waals surface area (Å²) < 4.78 is 21.8. The van der Waals surface area contributed by atoms with Gasteiger partial charge in [0.25, 0.3) is 0 Å². The Kier molecular flexibility index (Phi) is 7.35. The number of ether oxygens (including phenoxy) is 4. The maximum atomic E-state index is 10.9. The first-order valence-electron chi connectivity index (χ1n) is 5.94. The van der Waals surface area contributed by atoms with Gasteiger partial charge in [0.1, 0.15) is 19.0 Å². The molecule has 0 aliphatic carbocycles. The summed E-state index contributed by atoms with van der Waals surface area (Å²) in [6, 6.07) is 5.50. The molecule has 1 rings (SSSR count). The summed E-state index contributed by atoms with van der Waals surface area (Å²) in [6.07, 6.45) is -1.02. The van der Waals surface area contributed by atoms with Crippen molar-refractivity contribution in [1.82, 2.24) is 5.32 Å². The van der Waals surface area contributed by atoms with Crippen molar-refractivity contribution in [3.63, 3.8) is 0 Å². The van der Waals surface area contributed by atoms with E-state index in [0.29, 0.717) is 5.75 Å². The molecule has 1 aromatic rings. The van der Waals surface area contributed by atoms with E-state index in [4.69, 9.17) is 18.9 Å². The molecule has 0 fully saturated rings. The zero-order valence-electron chi connectivity index (χ0n) is 11.6. The number of halogens is 1. The van der Waals surface area contributed by atoms with Gasteiger partial charge in [-0.3, -0.25) is 0 Å². The van der Waals surface area contributed by atoms with Gasteiger partial charge in [0.05, 0.1) is 5.56 Å². The molecular formula is C13H18BrNO5. The number of hydrogen-bond donors (Lipinski definition) is 1. The number of nitrogens with one attached hydrogen (secondary N) is 1. The minimum absolute atomic E-state index is 0.153. The van der Waals surface area contributed by atoms with Crippen molar-refractivity contribution in [2.75, 3.05) is 34.5 Å². The van der Waals surface area contributed by atoms with Gasteiger partial charge in [-0.15, -0.1) is 0 Å². The summed E-state index contributed by atoms with van der Waals surface area (Å²) in [4.78, 5) is 10.9. The molecule has 0 saturated heterocycles. The molecule has 0 spiro atoms. The summed E-state index contributed by atoms with van der Waals surface area (Å²) in [7, 11) is 4.60. The second kappa shape index (κ2) is 8.78. The molecule has 0 unspecified atom stereocenters. The third kappa shape index (κ3) is 4.99. The van der Waals surface area contributed by atoms with Gasteiger partial charge >= 0.3 is 6.09 Å². The van der Waals surface area contributed by atoms with Crippen LogP contribution in [0.25, 0.3) is 0 Å². The molecule has 112 valence electrons. The Balaban J connectivity index is 2.66. The molecular weight excluding hydrogens is 330 g/mol. The van der Waals surface area contributed by atoms with Gasteiger partial charge in [0.2, 0.25) is 0 Å². The van der Waals surface area contributed by atoms with Gasteiger partial charge < -0.3 is 24.3 Å². The number of carbonyl (C=O) groups is 1. The van der Waals surface area contributed by atoms with E-state index in [1.807, 2.05) is 12.1 Å². The highest BCUT2D eigenvalue weighted by Crippen LogP contribution is 2.30. The van der Waals surface area contributed by atoms with Crippen LogP contribution in [0.3, 0.4) is 0 Å². The highest BCUT2D eigenvalue weighted by Gasteiger charge is 2.15. The van der Waals surface area contributed by atoms with Crippen molar-refractivity contribution in [1.29, 1.82) is 0 Å². The van der Waals surface area contributed by atoms with Crippen LogP contribution in [-0.2, 0) is 14.2 Å². The van der Waals surface area contributed by atoms with Crippen LogP contribution < -0.4 is 10.1 Å². The maximum absolute atomic E-state index is 10.9. The highest BCUT2D eigenvalue weighted by atomic mass is 79.9. The minimum atomic E-state index is -0.526. The summed E-state index contributed by atoms with van der Waals surface area (Å²) >= 11 is 3.39. The molecule has 20 heavy (non-hydrogen) atoms. The smallest absolute Gasteiger partial charge is 0.406 e. The molecule has 0 radical (unpaired) electrons. The lowest BCUT2D eigenvalue weighted by molar-refractivity contribution is -0.107. The average Bonchev–Trinajstić information content (AvgIpc) is 2.46. The van der Waals surface area contributed by atoms with E-state index in [-0.39, 0.29) is 13.2 Å². The Bertz CT molecular complexity index is 437. The topological polar surface area (TPSA) is 66.0 Å². The second-order valence-corrected chi connectivity index (χ2v) is 4.64. The standard InChI is InChI=1S/C13H18BrNO5/c1-15-13(16)20-7-6-19-11-5-4-9(14)8-10(11)12(17-2)18-3/h4-5,8,12H,6-7H2,1-3H3,(H,15,16). The Morgan fingerprint density at radius 2 is 2.00 bits per heavy atom. The van der Waals surface area contributed by atoms with E-state index in [9.17, 15) is 4.79 Å². The second-order valence-electron chi connectivity index (χ2n) is 3.72. The van der Waals surface area contributed by atoms with Gasteiger partial charge in [-0.25, -0.2) is 4.79 Å². The average molecular weight is 348 g/mol. The molecule has 0 aromatic heterocycles. The van der Waals surface area contributed by atoms with Gasteiger partial charge in [-0.1, -0.05) is 15.9 Å². The molecule has 0 aliphatic heterocycles. The Hall–Kier alpha value is -1.31. The zero-order valence-corrected chi connectivity index (χ0v) is 13.2. The van der Waals surface area contributed by atoms with E-state index in [1.54, 1.807) is 20.3 Å². The van der Waals surface area contributed by atoms with Gasteiger partial charge in [-0.05, 0) is 18.2 Å². The third-order valence-electron chi connectivity index (χ3n) is 2.43. The van der Waals surface area contributed by atoms with Crippen molar-refractivity contribution < 1.29 is 23.7 Å². The first kappa shape index (κ1) is 16.7. The Labute approximate surface area is 126 Å². The molecule has 0 saturated carbocycles. The molecule has 6 nitrogen and oxygen atoms in total. The quantitative estimate of drug-likeness (QED) is 0.606. The summed E-state index contributed by atoms with van der Waals surface area (Å²) in [5.41, 5.74) is 0.754. The predicted octanol–water partition coefficient (Wildman–Crippen LogP) is 2.48. The molecule has 7 heteroatoms. The predicted molar refractivity (Wildman–Crippen MR) is 76.8 cm³/mol. The maximum Gasteiger partial charge on any atom is 0.406 e. The zero-order chi connectivity index (χ0) is 15.0. The summed E-state index contributed by atoms with van der Waals surface area (Å²) in [5.74, 6) is 0.613. The van der Waals surface area contributed by atoms with Crippen molar-refractivity contribution in [3.8, 4) is 5.75 Å². The van der Waals surface area contributed by atoms with Crippen molar-refractivity contribution >= 4 is 22.0 Å². The van der Waals surface area contributed by atoms with Crippen molar-refractivity contribution in [3.05, 3.63) is 28.2 Å². The van der Waals surface area contributed by atoms with E-state index in [2.05, 4.69) is 21.2 Å². The molecule has 1 amide bonds. The molecule has 0 aliphatic rings. The third-order valence-corrected chi connectivity index (χ3v) is 2.93. The minimum Gasteiger partial charge on any atom is -0.490 e. The lowest BCUT2D eigenvalue weighted by Gasteiger charge is -2.18. The van der Waals surface area contributed by atoms with Crippen LogP contribution >= 0.6 is 15.9 Å². The van der Waals surface area contributed by atoms with Crippen molar-refractivity contribution in [2.24, 2.45) is 0 Å². The van der Waals surface area contributed by atoms with E-state index in [1.165, 1.54) is 7.05 Å². The number of methoxy groups -OCH3 is 2. The van der Waals surface area contributed by atoms with Crippen LogP contribution in [0, 0.1) is 0 Å². The first-order chi connectivity index (χ1) is 9.62. The van der Waals surface area contributed by atoms with Gasteiger partial charge in [0.15, 0.2) is 6.29 Å². The molecule has 0 heterocycles. The highest BCUT2D eigenvalue weighted by molar-refractivity contribution is 9.10. The number of hydrogen-bond acceptors (Lipinski definition) is 5. The van der Waals surface area contributed by atoms with Crippen LogP contribution in [0.5, 0.6) is 5.75 Å². The number of amides is 1. The van der Waals surface area contributed by atoms with Gasteiger partial charge in [-0.2, -0.15) is 0 Å². The largest absolute Gasteiger partial charge is 0.490 e. The summed E-state index contributed by atoms with van der Waals surface area (Å²) in [6.45, 7) is 0.391. The van der Waals surface area contributed by atoms with Crippen LogP contribution in [0.1, 0.15) is 11.9 Å². The SMILES string of the molecule is CNC(=O)OCCOc1ccc(Br)cc1C(OC)OC. The first-order valence-corrected chi connectivity index (χ1v) is 6.74. The molecule has 0 bridgehead atoms. The van der Waals surface area contributed by atoms with Gasteiger partial charge in [0, 0.05) is 25.7 Å². The van der Waals surface area contributed by atoms with Crippen LogP contribution in [0.15, 0.2) is 22.7 Å². The number of alkyl carbamates (subject to hydrolysis) is 1. The lowest BCUT2D eigenvalue weighted by atomic mass is 10.2. The molecule has 0 atom stereocenters. The molecule has 1 aromatic carbocycles. The summed E-state index contributed by atoms with van der Waals surface area (Å²) in [5, 5.41) is 2.36. The fourth-order valence-corrected chi connectivity index (χ4v) is 1.92. The monoisotopic (exact) mass is 347 g/mol. The van der Waals surface area contributed by atoms with Crippen molar-refractivity contribution in [2.45, 2.75) is 6.29 Å². The van der Waals surface area contributed by atoms with Crippen LogP contribution in [-0.4, -0.2) is 40.6 Å². The normalized spacial score (nSPS) is 10.4. The molecule has 1 N–H and O–H groups in total. The number of carbonyl (C=O) groups excluding carboxylic acids is 1. The van der Waals surface area contributed by atoms with Crippen LogP contribution in [0.2, 0.25) is 0 Å². The Morgan fingerprint density at radius 1 is 1.30 bits per heavy atom. The van der Waals surface area contributed by atoms with E-state index in [0.717, 1.165) is 10.0 Å². The van der Waals surface area contributed by atoms with E-state index < -0.39 is 12.4 Å².